The van der Waals surface area contributed by atoms with Gasteiger partial charge in [0, 0.05) is 17.4 Å². The molecule has 0 radical (unpaired) electrons. The second-order valence-electron chi connectivity index (χ2n) is 6.87. The molecule has 0 amide bonds. The molecule has 3 rings (SSSR count). The Hall–Kier alpha value is -2.16. The molecule has 0 N–H and O–H groups in total. The van der Waals surface area contributed by atoms with Crippen molar-refractivity contribution < 1.29 is 0 Å². The number of aliphatic imine (C=N–C) groups is 1. The lowest BCUT2D eigenvalue weighted by Crippen LogP contribution is -2.52. The van der Waals surface area contributed by atoms with Crippen LogP contribution in [0.4, 0.5) is 5.69 Å². The molecule has 1 aromatic carbocycles. The summed E-state index contributed by atoms with van der Waals surface area (Å²) in [6.07, 6.45) is 1.83. The summed E-state index contributed by atoms with van der Waals surface area (Å²) in [4.78, 5) is 11.6. The van der Waals surface area contributed by atoms with Crippen LogP contribution in [0.5, 0.6) is 0 Å². The van der Waals surface area contributed by atoms with E-state index >= 15 is 0 Å². The Bertz CT molecular complexity index is 697. The molecule has 0 spiro atoms. The van der Waals surface area contributed by atoms with Crippen LogP contribution in [-0.4, -0.2) is 21.9 Å². The molecule has 1 aliphatic rings. The Morgan fingerprint density at radius 2 is 1.59 bits per heavy atom. The van der Waals surface area contributed by atoms with Gasteiger partial charge in [-0.15, -0.1) is 0 Å². The smallest absolute Gasteiger partial charge is 0.102 e. The van der Waals surface area contributed by atoms with E-state index in [0.717, 1.165) is 17.1 Å². The summed E-state index contributed by atoms with van der Waals surface area (Å²) in [5, 5.41) is 0. The Kier molecular flexibility index (Phi) is 3.32. The summed E-state index contributed by atoms with van der Waals surface area (Å²) in [7, 11) is 0. The van der Waals surface area contributed by atoms with E-state index in [1.165, 1.54) is 5.69 Å². The predicted octanol–water partition coefficient (Wildman–Crippen LogP) is 4.54. The van der Waals surface area contributed by atoms with Crippen molar-refractivity contribution in [1.29, 1.82) is 0 Å². The number of hydrogen-bond acceptors (Lipinski definition) is 3. The standard InChI is InChI=1S/C19H23N3/c1-14-21-18(2,3)19(4,5)22(14)16-11-9-15(10-12-16)17-8-6-7-13-20-17/h6-13H,1-5H3. The molecule has 0 saturated heterocycles. The highest BCUT2D eigenvalue weighted by Crippen LogP contribution is 2.40. The van der Waals surface area contributed by atoms with Crippen LogP contribution < -0.4 is 4.90 Å². The van der Waals surface area contributed by atoms with E-state index in [1.54, 1.807) is 0 Å². The van der Waals surface area contributed by atoms with E-state index in [0.29, 0.717) is 0 Å². The third kappa shape index (κ3) is 2.21. The summed E-state index contributed by atoms with van der Waals surface area (Å²) >= 11 is 0. The number of rotatable bonds is 2. The highest BCUT2D eigenvalue weighted by molar-refractivity contribution is 6.00. The van der Waals surface area contributed by atoms with Gasteiger partial charge in [-0.05, 0) is 58.9 Å². The summed E-state index contributed by atoms with van der Waals surface area (Å²) in [5.41, 5.74) is 3.16. The number of hydrogen-bond donors (Lipinski definition) is 0. The fraction of sp³-hybridized carbons (Fsp3) is 0.368. The normalized spacial score (nSPS) is 19.1. The zero-order valence-electron chi connectivity index (χ0n) is 14.0. The maximum Gasteiger partial charge on any atom is 0.102 e. The van der Waals surface area contributed by atoms with Gasteiger partial charge in [-0.2, -0.15) is 0 Å². The van der Waals surface area contributed by atoms with Gasteiger partial charge in [-0.3, -0.25) is 9.98 Å². The molecule has 0 saturated carbocycles. The number of amidine groups is 1. The van der Waals surface area contributed by atoms with Crippen molar-refractivity contribution in [1.82, 2.24) is 4.98 Å². The highest BCUT2D eigenvalue weighted by atomic mass is 15.3. The van der Waals surface area contributed by atoms with Crippen LogP contribution in [0, 0.1) is 0 Å². The van der Waals surface area contributed by atoms with Crippen LogP contribution >= 0.6 is 0 Å². The molecule has 1 aliphatic heterocycles. The van der Waals surface area contributed by atoms with E-state index in [1.807, 2.05) is 24.4 Å². The number of anilines is 1. The maximum atomic E-state index is 4.84. The van der Waals surface area contributed by atoms with Gasteiger partial charge in [0.2, 0.25) is 0 Å². The first-order valence-electron chi connectivity index (χ1n) is 7.71. The van der Waals surface area contributed by atoms with Crippen molar-refractivity contribution in [2.45, 2.75) is 45.7 Å². The summed E-state index contributed by atoms with van der Waals surface area (Å²) in [5.74, 6) is 1.07. The molecular formula is C19H23N3. The number of aromatic nitrogens is 1. The minimum atomic E-state index is -0.100. The summed E-state index contributed by atoms with van der Waals surface area (Å²) in [6.45, 7) is 11.0. The van der Waals surface area contributed by atoms with E-state index in [-0.39, 0.29) is 11.1 Å². The Morgan fingerprint density at radius 3 is 2.09 bits per heavy atom. The van der Waals surface area contributed by atoms with Crippen molar-refractivity contribution >= 4 is 11.5 Å². The highest BCUT2D eigenvalue weighted by Gasteiger charge is 2.48. The number of benzene rings is 1. The van der Waals surface area contributed by atoms with Gasteiger partial charge in [-0.25, -0.2) is 0 Å². The monoisotopic (exact) mass is 293 g/mol. The van der Waals surface area contributed by atoms with E-state index < -0.39 is 0 Å². The molecule has 0 unspecified atom stereocenters. The molecule has 2 heterocycles. The summed E-state index contributed by atoms with van der Waals surface area (Å²) in [6, 6.07) is 14.6. The van der Waals surface area contributed by atoms with E-state index in [4.69, 9.17) is 4.99 Å². The van der Waals surface area contributed by atoms with Gasteiger partial charge >= 0.3 is 0 Å². The number of pyridine rings is 1. The molecule has 0 atom stereocenters. The Labute approximate surface area is 132 Å². The SMILES string of the molecule is CC1=NC(C)(C)C(C)(C)N1c1ccc(-c2ccccn2)cc1. The fourth-order valence-corrected chi connectivity index (χ4v) is 3.09. The summed E-state index contributed by atoms with van der Waals surface area (Å²) < 4.78 is 0. The van der Waals surface area contributed by atoms with Gasteiger partial charge in [-0.1, -0.05) is 18.2 Å². The minimum Gasteiger partial charge on any atom is -0.322 e. The minimum absolute atomic E-state index is 0.0520. The molecule has 22 heavy (non-hydrogen) atoms. The van der Waals surface area contributed by atoms with Crippen molar-refractivity contribution in [3.63, 3.8) is 0 Å². The van der Waals surface area contributed by atoms with Crippen molar-refractivity contribution in [3.8, 4) is 11.3 Å². The molecule has 3 heteroatoms. The predicted molar refractivity (Wildman–Crippen MR) is 93.4 cm³/mol. The second kappa shape index (κ2) is 4.94. The first-order valence-corrected chi connectivity index (χ1v) is 7.71. The van der Waals surface area contributed by atoms with Crippen LogP contribution in [-0.2, 0) is 0 Å². The van der Waals surface area contributed by atoms with Crippen molar-refractivity contribution in [2.24, 2.45) is 4.99 Å². The van der Waals surface area contributed by atoms with Crippen LogP contribution in [0.3, 0.4) is 0 Å². The zero-order chi connectivity index (χ0) is 16.0. The van der Waals surface area contributed by atoms with Gasteiger partial charge in [0.25, 0.3) is 0 Å². The Morgan fingerprint density at radius 1 is 0.909 bits per heavy atom. The molecule has 0 aliphatic carbocycles. The average Bonchev–Trinajstić information content (AvgIpc) is 2.64. The zero-order valence-corrected chi connectivity index (χ0v) is 14.0. The van der Waals surface area contributed by atoms with E-state index in [2.05, 4.69) is 68.8 Å². The third-order valence-corrected chi connectivity index (χ3v) is 4.91. The first kappa shape index (κ1) is 14.8. The molecule has 1 aromatic heterocycles. The molecule has 2 aromatic rings. The van der Waals surface area contributed by atoms with Crippen LogP contribution in [0.2, 0.25) is 0 Å². The van der Waals surface area contributed by atoms with E-state index in [9.17, 15) is 0 Å². The van der Waals surface area contributed by atoms with Crippen LogP contribution in [0.1, 0.15) is 34.6 Å². The fourth-order valence-electron chi connectivity index (χ4n) is 3.09. The second-order valence-corrected chi connectivity index (χ2v) is 6.87. The lowest BCUT2D eigenvalue weighted by molar-refractivity contribution is 0.338. The Balaban J connectivity index is 1.96. The van der Waals surface area contributed by atoms with Gasteiger partial charge in [0.05, 0.1) is 16.8 Å². The third-order valence-electron chi connectivity index (χ3n) is 4.91. The van der Waals surface area contributed by atoms with Gasteiger partial charge in [0.1, 0.15) is 5.84 Å². The topological polar surface area (TPSA) is 28.5 Å². The average molecular weight is 293 g/mol. The van der Waals surface area contributed by atoms with Gasteiger partial charge in [0.15, 0.2) is 0 Å². The molecular weight excluding hydrogens is 270 g/mol. The lowest BCUT2D eigenvalue weighted by atomic mass is 9.83. The molecule has 3 nitrogen and oxygen atoms in total. The quantitative estimate of drug-likeness (QED) is 0.813. The maximum absolute atomic E-state index is 4.84. The molecule has 114 valence electrons. The van der Waals surface area contributed by atoms with Gasteiger partial charge < -0.3 is 4.90 Å². The largest absolute Gasteiger partial charge is 0.322 e. The lowest BCUT2D eigenvalue weighted by Gasteiger charge is -2.41. The number of nitrogens with zero attached hydrogens (tertiary/aromatic N) is 3. The van der Waals surface area contributed by atoms with Crippen molar-refractivity contribution in [3.05, 3.63) is 48.7 Å². The van der Waals surface area contributed by atoms with Crippen molar-refractivity contribution in [2.75, 3.05) is 4.90 Å². The van der Waals surface area contributed by atoms with Crippen LogP contribution in [0.15, 0.2) is 53.7 Å². The molecule has 0 fully saturated rings. The van der Waals surface area contributed by atoms with Crippen LogP contribution in [0.25, 0.3) is 11.3 Å². The first-order chi connectivity index (χ1) is 10.3. The molecule has 0 bridgehead atoms.